The second-order valence-corrected chi connectivity index (χ2v) is 3.91. The molecule has 1 aromatic heterocycles. The quantitative estimate of drug-likeness (QED) is 0.783. The van der Waals surface area contributed by atoms with Gasteiger partial charge < -0.3 is 14.8 Å². The smallest absolute Gasteiger partial charge is 0.265 e. The van der Waals surface area contributed by atoms with Gasteiger partial charge in [-0.2, -0.15) is 5.21 Å². The van der Waals surface area contributed by atoms with Crippen LogP contribution in [0.1, 0.15) is 5.82 Å². The van der Waals surface area contributed by atoms with Crippen molar-refractivity contribution in [3.63, 3.8) is 0 Å². The number of ether oxygens (including phenoxy) is 2. The van der Waals surface area contributed by atoms with Crippen molar-refractivity contribution in [2.24, 2.45) is 0 Å². The molecule has 0 bridgehead atoms. The van der Waals surface area contributed by atoms with Crippen LogP contribution in [-0.4, -0.2) is 39.2 Å². The largest absolute Gasteiger partial charge is 0.485 e. The molecule has 1 aromatic carbocycles. The Hall–Kier alpha value is -2.64. The number of hydrogen-bond acceptors (Lipinski definition) is 6. The Kier molecular flexibility index (Phi) is 2.97. The van der Waals surface area contributed by atoms with Crippen molar-refractivity contribution in [1.29, 1.82) is 0 Å². The highest BCUT2D eigenvalue weighted by molar-refractivity contribution is 5.81. The fraction of sp³-hybridized carbons (Fsp3) is 0.273. The van der Waals surface area contributed by atoms with Crippen LogP contribution < -0.4 is 14.8 Å². The first-order chi connectivity index (χ1) is 9.33. The topological polar surface area (TPSA) is 102 Å². The lowest BCUT2D eigenvalue weighted by molar-refractivity contribution is -0.130. The van der Waals surface area contributed by atoms with Gasteiger partial charge in [-0.05, 0) is 12.1 Å². The maximum Gasteiger partial charge on any atom is 0.265 e. The van der Waals surface area contributed by atoms with Crippen LogP contribution >= 0.6 is 0 Å². The number of rotatable bonds is 3. The van der Waals surface area contributed by atoms with E-state index in [0.717, 1.165) is 0 Å². The Morgan fingerprint density at radius 2 is 2.26 bits per heavy atom. The first-order valence-electron chi connectivity index (χ1n) is 5.71. The van der Waals surface area contributed by atoms with E-state index in [4.69, 9.17) is 9.47 Å². The van der Waals surface area contributed by atoms with Crippen LogP contribution in [-0.2, 0) is 11.3 Å². The fourth-order valence-corrected chi connectivity index (χ4v) is 1.69. The van der Waals surface area contributed by atoms with Crippen molar-refractivity contribution < 1.29 is 14.3 Å². The Morgan fingerprint density at radius 1 is 1.42 bits per heavy atom. The van der Waals surface area contributed by atoms with Crippen LogP contribution in [0.4, 0.5) is 0 Å². The van der Waals surface area contributed by atoms with Crippen LogP contribution in [0.5, 0.6) is 11.5 Å². The number of carbonyl (C=O) groups excluding carboxylic acids is 1. The zero-order chi connectivity index (χ0) is 13.1. The summed E-state index contributed by atoms with van der Waals surface area (Å²) in [5.74, 6) is 1.34. The Bertz CT molecular complexity index is 571. The molecule has 0 fully saturated rings. The van der Waals surface area contributed by atoms with Crippen LogP contribution in [0.25, 0.3) is 0 Å². The zero-order valence-corrected chi connectivity index (χ0v) is 9.87. The average Bonchev–Trinajstić information content (AvgIpc) is 2.97. The first kappa shape index (κ1) is 11.5. The second-order valence-electron chi connectivity index (χ2n) is 3.91. The molecular weight excluding hydrogens is 250 g/mol. The van der Waals surface area contributed by atoms with Crippen molar-refractivity contribution in [2.45, 2.75) is 12.6 Å². The van der Waals surface area contributed by atoms with E-state index in [9.17, 15) is 4.79 Å². The zero-order valence-electron chi connectivity index (χ0n) is 9.87. The molecule has 1 aliphatic heterocycles. The summed E-state index contributed by atoms with van der Waals surface area (Å²) in [6.45, 7) is 0.367. The van der Waals surface area contributed by atoms with Gasteiger partial charge in [-0.25, -0.2) is 0 Å². The summed E-state index contributed by atoms with van der Waals surface area (Å²) in [5.41, 5.74) is 0. The molecule has 0 saturated heterocycles. The molecule has 1 atom stereocenters. The minimum Gasteiger partial charge on any atom is -0.485 e. The summed E-state index contributed by atoms with van der Waals surface area (Å²) < 4.78 is 11.0. The number of benzene rings is 1. The number of carbonyl (C=O) groups is 1. The summed E-state index contributed by atoms with van der Waals surface area (Å²) in [6, 6.07) is 7.22. The maximum absolute atomic E-state index is 11.9. The number of nitrogens with zero attached hydrogens (tertiary/aromatic N) is 3. The normalized spacial score (nSPS) is 16.9. The number of H-pyrrole nitrogens is 1. The standard InChI is InChI=1S/C11H11N5O3/c17-11(12-5-10-13-15-16-14-10)9-6-18-7-3-1-2-4-8(7)19-9/h1-4,9H,5-6H2,(H,12,17)(H,13,14,15,16). The van der Waals surface area contributed by atoms with E-state index in [0.29, 0.717) is 17.3 Å². The lowest BCUT2D eigenvalue weighted by atomic mass is 10.2. The predicted octanol–water partition coefficient (Wildman–Crippen LogP) is -0.344. The third-order valence-electron chi connectivity index (χ3n) is 2.61. The van der Waals surface area contributed by atoms with E-state index < -0.39 is 6.10 Å². The lowest BCUT2D eigenvalue weighted by Gasteiger charge is -2.25. The fourth-order valence-electron chi connectivity index (χ4n) is 1.69. The summed E-state index contributed by atoms with van der Waals surface area (Å²) in [7, 11) is 0. The number of para-hydroxylation sites is 2. The van der Waals surface area contributed by atoms with Crippen LogP contribution in [0.15, 0.2) is 24.3 Å². The summed E-state index contributed by atoms with van der Waals surface area (Å²) >= 11 is 0. The number of aromatic nitrogens is 4. The summed E-state index contributed by atoms with van der Waals surface area (Å²) in [4.78, 5) is 11.9. The van der Waals surface area contributed by atoms with Crippen molar-refractivity contribution in [2.75, 3.05) is 6.61 Å². The highest BCUT2D eigenvalue weighted by Gasteiger charge is 2.27. The molecule has 0 spiro atoms. The number of hydrogen-bond donors (Lipinski definition) is 2. The number of tetrazole rings is 1. The van der Waals surface area contributed by atoms with Gasteiger partial charge in [-0.3, -0.25) is 4.79 Å². The van der Waals surface area contributed by atoms with E-state index in [-0.39, 0.29) is 19.1 Å². The van der Waals surface area contributed by atoms with Gasteiger partial charge in [0.2, 0.25) is 6.10 Å². The highest BCUT2D eigenvalue weighted by Crippen LogP contribution is 2.30. The molecule has 2 heterocycles. The third kappa shape index (κ3) is 2.46. The number of nitrogens with one attached hydrogen (secondary N) is 2. The van der Waals surface area contributed by atoms with E-state index in [1.165, 1.54) is 0 Å². The van der Waals surface area contributed by atoms with Crippen molar-refractivity contribution in [1.82, 2.24) is 25.9 Å². The second kappa shape index (κ2) is 4.92. The van der Waals surface area contributed by atoms with E-state index >= 15 is 0 Å². The Morgan fingerprint density at radius 3 is 3.05 bits per heavy atom. The van der Waals surface area contributed by atoms with Crippen LogP contribution in [0, 0.1) is 0 Å². The summed E-state index contributed by atoms with van der Waals surface area (Å²) in [5, 5.41) is 15.8. The molecule has 0 aliphatic carbocycles. The minimum absolute atomic E-state index is 0.176. The molecular formula is C11H11N5O3. The van der Waals surface area contributed by atoms with Crippen molar-refractivity contribution in [3.8, 4) is 11.5 Å². The molecule has 0 radical (unpaired) electrons. The van der Waals surface area contributed by atoms with Gasteiger partial charge in [0.15, 0.2) is 17.3 Å². The van der Waals surface area contributed by atoms with E-state index in [2.05, 4.69) is 25.9 Å². The van der Waals surface area contributed by atoms with Gasteiger partial charge in [-0.1, -0.05) is 17.3 Å². The van der Waals surface area contributed by atoms with Gasteiger partial charge in [0, 0.05) is 0 Å². The maximum atomic E-state index is 11.9. The highest BCUT2D eigenvalue weighted by atomic mass is 16.6. The Labute approximate surface area is 108 Å². The molecule has 1 aliphatic rings. The molecule has 0 saturated carbocycles. The predicted molar refractivity (Wildman–Crippen MR) is 62.4 cm³/mol. The average molecular weight is 261 g/mol. The molecule has 2 aromatic rings. The first-order valence-corrected chi connectivity index (χ1v) is 5.71. The molecule has 2 N–H and O–H groups in total. The monoisotopic (exact) mass is 261 g/mol. The third-order valence-corrected chi connectivity index (χ3v) is 2.61. The number of fused-ring (bicyclic) bond motifs is 1. The molecule has 3 rings (SSSR count). The van der Waals surface area contributed by atoms with Crippen molar-refractivity contribution >= 4 is 5.91 Å². The van der Waals surface area contributed by atoms with Gasteiger partial charge in [0.25, 0.3) is 5.91 Å². The van der Waals surface area contributed by atoms with Gasteiger partial charge in [0.1, 0.15) is 6.61 Å². The molecule has 8 nitrogen and oxygen atoms in total. The van der Waals surface area contributed by atoms with E-state index in [1.807, 2.05) is 12.1 Å². The summed E-state index contributed by atoms with van der Waals surface area (Å²) in [6.07, 6.45) is -0.679. The molecule has 19 heavy (non-hydrogen) atoms. The Balaban J connectivity index is 1.60. The molecule has 1 unspecified atom stereocenters. The number of aromatic amines is 1. The molecule has 8 heteroatoms. The SMILES string of the molecule is O=C(NCc1nn[nH]n1)C1COc2ccccc2O1. The lowest BCUT2D eigenvalue weighted by Crippen LogP contribution is -2.43. The van der Waals surface area contributed by atoms with Gasteiger partial charge in [0.05, 0.1) is 6.54 Å². The van der Waals surface area contributed by atoms with Crippen LogP contribution in [0.3, 0.4) is 0 Å². The van der Waals surface area contributed by atoms with Gasteiger partial charge >= 0.3 is 0 Å². The van der Waals surface area contributed by atoms with Crippen LogP contribution in [0.2, 0.25) is 0 Å². The van der Waals surface area contributed by atoms with E-state index in [1.54, 1.807) is 12.1 Å². The molecule has 1 amide bonds. The minimum atomic E-state index is -0.679. The van der Waals surface area contributed by atoms with Crippen molar-refractivity contribution in [3.05, 3.63) is 30.1 Å². The number of amides is 1. The van der Waals surface area contributed by atoms with Gasteiger partial charge in [-0.15, -0.1) is 10.2 Å². The molecule has 98 valence electrons.